The molecule has 1 amide bonds. The Morgan fingerprint density at radius 3 is 2.42 bits per heavy atom. The molecule has 0 bridgehead atoms. The SMILES string of the molecule is CC[C@@H]1C[C@H](N(Cc2cc(Cl)cc(C(F)(F)F)c2)c2ncc(C3C=NN(C)C3)cn2)[C@H](Cc2ccccc2)N1C(=O)OC(C)C. The number of rotatable bonds is 9. The molecule has 45 heavy (non-hydrogen) atoms. The van der Waals surface area contributed by atoms with E-state index in [0.717, 1.165) is 23.3 Å². The molecular formula is C33H38ClF3N6O2. The van der Waals surface area contributed by atoms with Crippen LogP contribution in [0.15, 0.2) is 66.0 Å². The number of nitrogens with zero attached hydrogens (tertiary/aromatic N) is 6. The number of hydrogen-bond acceptors (Lipinski definition) is 7. The first-order valence-electron chi connectivity index (χ1n) is 15.2. The topological polar surface area (TPSA) is 74.2 Å². The van der Waals surface area contributed by atoms with Crippen molar-refractivity contribution < 1.29 is 22.7 Å². The average Bonchev–Trinajstić information content (AvgIpc) is 3.59. The smallest absolute Gasteiger partial charge is 0.416 e. The number of amides is 1. The Morgan fingerprint density at radius 2 is 1.82 bits per heavy atom. The van der Waals surface area contributed by atoms with E-state index in [-0.39, 0.29) is 41.7 Å². The third-order valence-corrected chi connectivity index (χ3v) is 8.52. The molecule has 3 heterocycles. The number of aromatic nitrogens is 2. The lowest BCUT2D eigenvalue weighted by Crippen LogP contribution is -2.50. The summed E-state index contributed by atoms with van der Waals surface area (Å²) in [7, 11) is 1.89. The number of benzene rings is 2. The summed E-state index contributed by atoms with van der Waals surface area (Å²) in [5, 5.41) is 6.13. The van der Waals surface area contributed by atoms with Crippen LogP contribution in [0.3, 0.4) is 0 Å². The van der Waals surface area contributed by atoms with Gasteiger partial charge in [0, 0.05) is 55.7 Å². The standard InChI is InChI=1S/C33H38ClF3N6O2/c1-5-28-15-29(30(13-22-9-7-6-8-10-22)43(28)32(44)45-21(2)3)42(19-23-11-26(33(35,36)37)14-27(34)12-23)31-38-16-24(17-39-31)25-18-40-41(4)20-25/h6-12,14,16-18,21,25,28-30H,5,13,15,19-20H2,1-4H3/t25?,28-,29+,30+/m1/s1. The second kappa shape index (κ2) is 13.6. The van der Waals surface area contributed by atoms with Crippen LogP contribution in [0.2, 0.25) is 5.02 Å². The molecule has 1 fully saturated rings. The fourth-order valence-electron chi connectivity index (χ4n) is 6.21. The van der Waals surface area contributed by atoms with Gasteiger partial charge in [0.05, 0.1) is 23.8 Å². The second-order valence-corrected chi connectivity index (χ2v) is 12.4. The first-order valence-corrected chi connectivity index (χ1v) is 15.5. The van der Waals surface area contributed by atoms with Gasteiger partial charge < -0.3 is 9.64 Å². The van der Waals surface area contributed by atoms with Crippen molar-refractivity contribution in [3.63, 3.8) is 0 Å². The number of ether oxygens (including phenoxy) is 1. The highest BCUT2D eigenvalue weighted by Gasteiger charge is 2.47. The second-order valence-electron chi connectivity index (χ2n) is 12.0. The molecule has 1 aromatic heterocycles. The van der Waals surface area contributed by atoms with Gasteiger partial charge >= 0.3 is 12.3 Å². The molecule has 1 unspecified atom stereocenters. The number of carbonyl (C=O) groups is 1. The van der Waals surface area contributed by atoms with E-state index >= 15 is 0 Å². The normalized spacial score (nSPS) is 21.5. The first kappa shape index (κ1) is 32.5. The summed E-state index contributed by atoms with van der Waals surface area (Å²) >= 11 is 6.21. The van der Waals surface area contributed by atoms with Crippen LogP contribution < -0.4 is 4.90 Å². The summed E-state index contributed by atoms with van der Waals surface area (Å²) in [5.41, 5.74) is 1.44. The Kier molecular flexibility index (Phi) is 9.86. The summed E-state index contributed by atoms with van der Waals surface area (Å²) in [4.78, 5) is 26.8. The van der Waals surface area contributed by atoms with E-state index in [2.05, 4.69) is 5.10 Å². The number of halogens is 4. The zero-order chi connectivity index (χ0) is 32.3. The summed E-state index contributed by atoms with van der Waals surface area (Å²) in [6, 6.07) is 12.5. The van der Waals surface area contributed by atoms with Gasteiger partial charge in [0.15, 0.2) is 0 Å². The predicted molar refractivity (Wildman–Crippen MR) is 168 cm³/mol. The van der Waals surface area contributed by atoms with Crippen LogP contribution in [-0.4, -0.2) is 70.0 Å². The van der Waals surface area contributed by atoms with Crippen LogP contribution in [0.5, 0.6) is 0 Å². The Labute approximate surface area is 266 Å². The summed E-state index contributed by atoms with van der Waals surface area (Å²) < 4.78 is 47.1. The van der Waals surface area contributed by atoms with Gasteiger partial charge in [-0.1, -0.05) is 48.9 Å². The minimum atomic E-state index is -4.56. The van der Waals surface area contributed by atoms with E-state index in [0.29, 0.717) is 37.3 Å². The van der Waals surface area contributed by atoms with E-state index in [9.17, 15) is 18.0 Å². The monoisotopic (exact) mass is 642 g/mol. The van der Waals surface area contributed by atoms with Crippen LogP contribution in [-0.2, 0) is 23.9 Å². The van der Waals surface area contributed by atoms with Gasteiger partial charge in [0.25, 0.3) is 0 Å². The van der Waals surface area contributed by atoms with Crippen LogP contribution in [0.25, 0.3) is 0 Å². The predicted octanol–water partition coefficient (Wildman–Crippen LogP) is 7.18. The van der Waals surface area contributed by atoms with Crippen molar-refractivity contribution in [1.29, 1.82) is 0 Å². The summed E-state index contributed by atoms with van der Waals surface area (Å²) in [6.45, 7) is 6.39. The maximum absolute atomic E-state index is 13.8. The number of carbonyl (C=O) groups excluding carboxylic acids is 1. The molecule has 12 heteroatoms. The fourth-order valence-corrected chi connectivity index (χ4v) is 6.47. The number of hydrogen-bond donors (Lipinski definition) is 0. The highest BCUT2D eigenvalue weighted by atomic mass is 35.5. The molecule has 0 spiro atoms. The van der Waals surface area contributed by atoms with Gasteiger partial charge in [0.2, 0.25) is 5.95 Å². The van der Waals surface area contributed by atoms with Crippen molar-refractivity contribution in [1.82, 2.24) is 19.9 Å². The molecule has 0 saturated carbocycles. The van der Waals surface area contributed by atoms with Gasteiger partial charge in [-0.05, 0) is 68.0 Å². The Morgan fingerprint density at radius 1 is 1.11 bits per heavy atom. The third kappa shape index (κ3) is 7.69. The van der Waals surface area contributed by atoms with E-state index in [1.165, 1.54) is 6.07 Å². The van der Waals surface area contributed by atoms with Crippen molar-refractivity contribution in [2.24, 2.45) is 5.10 Å². The van der Waals surface area contributed by atoms with Crippen molar-refractivity contribution in [2.75, 3.05) is 18.5 Å². The third-order valence-electron chi connectivity index (χ3n) is 8.30. The minimum Gasteiger partial charge on any atom is -0.447 e. The molecule has 3 aromatic rings. The Bertz CT molecular complexity index is 1490. The summed E-state index contributed by atoms with van der Waals surface area (Å²) in [5.74, 6) is 0.385. The molecule has 2 aliphatic heterocycles. The minimum absolute atomic E-state index is 0.0125. The quantitative estimate of drug-likeness (QED) is 0.246. The Balaban J connectivity index is 1.58. The molecule has 1 saturated heterocycles. The molecule has 4 atom stereocenters. The van der Waals surface area contributed by atoms with Gasteiger partial charge in [-0.15, -0.1) is 0 Å². The molecular weight excluding hydrogens is 605 g/mol. The van der Waals surface area contributed by atoms with Crippen molar-refractivity contribution in [3.8, 4) is 0 Å². The highest BCUT2D eigenvalue weighted by Crippen LogP contribution is 2.37. The van der Waals surface area contributed by atoms with Gasteiger partial charge in [-0.25, -0.2) is 14.8 Å². The lowest BCUT2D eigenvalue weighted by Gasteiger charge is -2.36. The average molecular weight is 643 g/mol. The molecule has 5 rings (SSSR count). The fraction of sp³-hybridized carbons (Fsp3) is 0.455. The largest absolute Gasteiger partial charge is 0.447 e. The lowest BCUT2D eigenvalue weighted by atomic mass is 9.97. The molecule has 0 aliphatic carbocycles. The van der Waals surface area contributed by atoms with Crippen LogP contribution in [0, 0.1) is 0 Å². The molecule has 240 valence electrons. The zero-order valence-corrected chi connectivity index (χ0v) is 26.5. The van der Waals surface area contributed by atoms with Crippen molar-refractivity contribution in [3.05, 3.63) is 88.2 Å². The maximum Gasteiger partial charge on any atom is 0.416 e. The van der Waals surface area contributed by atoms with Crippen LogP contribution >= 0.6 is 11.6 Å². The summed E-state index contributed by atoms with van der Waals surface area (Å²) in [6.07, 6.45) is 1.78. The maximum atomic E-state index is 13.8. The molecule has 8 nitrogen and oxygen atoms in total. The first-order chi connectivity index (χ1) is 21.4. The molecule has 0 radical (unpaired) electrons. The molecule has 2 aliphatic rings. The van der Waals surface area contributed by atoms with E-state index in [4.69, 9.17) is 26.3 Å². The van der Waals surface area contributed by atoms with E-state index in [1.807, 2.05) is 79.2 Å². The Hall–Kier alpha value is -3.86. The van der Waals surface area contributed by atoms with Gasteiger partial charge in [-0.3, -0.25) is 9.91 Å². The van der Waals surface area contributed by atoms with Crippen molar-refractivity contribution >= 4 is 29.9 Å². The molecule has 2 aromatic carbocycles. The number of likely N-dealkylation sites (N-methyl/N-ethyl adjacent to an activating group) is 1. The van der Waals surface area contributed by atoms with Gasteiger partial charge in [-0.2, -0.15) is 18.3 Å². The van der Waals surface area contributed by atoms with Gasteiger partial charge in [0.1, 0.15) is 0 Å². The molecule has 0 N–H and O–H groups in total. The van der Waals surface area contributed by atoms with Crippen LogP contribution in [0.4, 0.5) is 23.9 Å². The van der Waals surface area contributed by atoms with E-state index < -0.39 is 17.8 Å². The van der Waals surface area contributed by atoms with Crippen molar-refractivity contribution in [2.45, 2.75) is 82.9 Å². The van der Waals surface area contributed by atoms with E-state index in [1.54, 1.807) is 12.4 Å². The number of alkyl halides is 3. The highest BCUT2D eigenvalue weighted by molar-refractivity contribution is 6.30. The number of hydrazone groups is 1. The van der Waals surface area contributed by atoms with Crippen LogP contribution in [0.1, 0.15) is 61.8 Å². The lowest BCUT2D eigenvalue weighted by molar-refractivity contribution is -0.137. The number of anilines is 1. The zero-order valence-electron chi connectivity index (χ0n) is 25.8. The number of likely N-dealkylation sites (tertiary alicyclic amines) is 1.